The monoisotopic (exact) mass is 436 g/mol. The standard InChI is InChI=1S/C24H28N4O4/c1-16-3-4-20-19(13-16)23(31)27-15-24(32-20)8-5-21(29)28(12-9-24)17(2)22(30)26-14-18-6-10-25-11-7-18/h3-4,6-7,10-11,13,17H,5,8-9,12,14-15H2,1-2H3,(H,26,30)(H,27,31)/t17-,24-/m1/s1. The Balaban J connectivity index is 1.45. The second-order valence-electron chi connectivity index (χ2n) is 8.55. The molecule has 1 aromatic heterocycles. The molecule has 2 N–H and O–H groups in total. The van der Waals surface area contributed by atoms with Crippen LogP contribution in [0.25, 0.3) is 0 Å². The summed E-state index contributed by atoms with van der Waals surface area (Å²) in [7, 11) is 0. The topological polar surface area (TPSA) is 101 Å². The Labute approximate surface area is 187 Å². The van der Waals surface area contributed by atoms with Crippen LogP contribution in [0, 0.1) is 6.92 Å². The summed E-state index contributed by atoms with van der Waals surface area (Å²) in [6, 6.07) is 8.61. The zero-order valence-electron chi connectivity index (χ0n) is 18.4. The van der Waals surface area contributed by atoms with Crippen LogP contribution in [0.1, 0.15) is 47.7 Å². The molecule has 2 aromatic rings. The number of nitrogens with one attached hydrogen (secondary N) is 2. The van der Waals surface area contributed by atoms with E-state index in [0.717, 1.165) is 11.1 Å². The first kappa shape index (κ1) is 21.8. The van der Waals surface area contributed by atoms with Crippen LogP contribution < -0.4 is 15.4 Å². The van der Waals surface area contributed by atoms with Crippen LogP contribution in [0.3, 0.4) is 0 Å². The van der Waals surface area contributed by atoms with E-state index < -0.39 is 11.6 Å². The number of hydrogen-bond donors (Lipinski definition) is 2. The minimum Gasteiger partial charge on any atom is -0.485 e. The first-order valence-corrected chi connectivity index (χ1v) is 10.9. The van der Waals surface area contributed by atoms with Crippen molar-refractivity contribution in [3.8, 4) is 5.75 Å². The van der Waals surface area contributed by atoms with E-state index >= 15 is 0 Å². The van der Waals surface area contributed by atoms with E-state index in [1.54, 1.807) is 24.2 Å². The van der Waals surface area contributed by atoms with Gasteiger partial charge in [-0.3, -0.25) is 19.4 Å². The van der Waals surface area contributed by atoms with Gasteiger partial charge in [0.05, 0.1) is 12.1 Å². The lowest BCUT2D eigenvalue weighted by atomic mass is 9.94. The van der Waals surface area contributed by atoms with Crippen molar-refractivity contribution in [2.75, 3.05) is 13.1 Å². The zero-order valence-corrected chi connectivity index (χ0v) is 18.4. The number of rotatable bonds is 4. The molecule has 1 spiro atoms. The molecular formula is C24H28N4O4. The predicted octanol–water partition coefficient (Wildman–Crippen LogP) is 1.97. The molecule has 0 saturated carbocycles. The highest BCUT2D eigenvalue weighted by atomic mass is 16.5. The van der Waals surface area contributed by atoms with Gasteiger partial charge in [-0.1, -0.05) is 11.6 Å². The third-order valence-electron chi connectivity index (χ3n) is 6.26. The summed E-state index contributed by atoms with van der Waals surface area (Å²) < 4.78 is 6.36. The zero-order chi connectivity index (χ0) is 22.7. The van der Waals surface area contributed by atoms with Crippen molar-refractivity contribution in [2.24, 2.45) is 0 Å². The highest BCUT2D eigenvalue weighted by Gasteiger charge is 2.41. The Morgan fingerprint density at radius 2 is 2.03 bits per heavy atom. The normalized spacial score (nSPS) is 21.6. The van der Waals surface area contributed by atoms with Crippen molar-refractivity contribution in [2.45, 2.75) is 51.3 Å². The molecule has 0 radical (unpaired) electrons. The van der Waals surface area contributed by atoms with Crippen molar-refractivity contribution < 1.29 is 19.1 Å². The Morgan fingerprint density at radius 3 is 2.81 bits per heavy atom. The van der Waals surface area contributed by atoms with Gasteiger partial charge in [0.2, 0.25) is 11.8 Å². The van der Waals surface area contributed by atoms with Crippen LogP contribution in [-0.4, -0.2) is 52.3 Å². The van der Waals surface area contributed by atoms with Gasteiger partial charge in [0.1, 0.15) is 17.4 Å². The largest absolute Gasteiger partial charge is 0.485 e. The number of pyridine rings is 1. The first-order valence-electron chi connectivity index (χ1n) is 10.9. The SMILES string of the molecule is Cc1ccc2c(c1)C(=O)NC[C@]1(CCC(=O)N([C@H](C)C(=O)NCc3ccncc3)CC1)O2. The van der Waals surface area contributed by atoms with Gasteiger partial charge >= 0.3 is 0 Å². The molecule has 2 atom stereocenters. The number of fused-ring (bicyclic) bond motifs is 1. The minimum atomic E-state index is -0.687. The number of nitrogens with zero attached hydrogens (tertiary/aromatic N) is 2. The fraction of sp³-hybridized carbons (Fsp3) is 0.417. The number of likely N-dealkylation sites (tertiary alicyclic amines) is 1. The van der Waals surface area contributed by atoms with Crippen molar-refractivity contribution in [1.82, 2.24) is 20.5 Å². The summed E-state index contributed by atoms with van der Waals surface area (Å²) in [6.45, 7) is 4.75. The fourth-order valence-electron chi connectivity index (χ4n) is 4.24. The molecule has 168 valence electrons. The second-order valence-corrected chi connectivity index (χ2v) is 8.55. The summed E-state index contributed by atoms with van der Waals surface area (Å²) in [5.41, 5.74) is 1.75. The van der Waals surface area contributed by atoms with Crippen molar-refractivity contribution in [1.29, 1.82) is 0 Å². The molecule has 3 amide bonds. The molecule has 2 aliphatic heterocycles. The highest BCUT2D eigenvalue weighted by Crippen LogP contribution is 2.34. The average molecular weight is 437 g/mol. The molecule has 3 heterocycles. The van der Waals surface area contributed by atoms with Gasteiger partial charge in [0.15, 0.2) is 0 Å². The van der Waals surface area contributed by atoms with Gasteiger partial charge in [-0.05, 0) is 50.1 Å². The molecule has 1 aromatic carbocycles. The molecule has 1 saturated heterocycles. The first-order chi connectivity index (χ1) is 15.4. The molecule has 8 nitrogen and oxygen atoms in total. The second kappa shape index (κ2) is 8.98. The molecule has 0 bridgehead atoms. The number of ether oxygens (including phenoxy) is 1. The lowest BCUT2D eigenvalue weighted by Crippen LogP contribution is -2.49. The Morgan fingerprint density at radius 1 is 1.25 bits per heavy atom. The van der Waals surface area contributed by atoms with Gasteiger partial charge in [0.25, 0.3) is 5.91 Å². The molecule has 0 unspecified atom stereocenters. The summed E-state index contributed by atoms with van der Waals surface area (Å²) in [6.07, 6.45) is 4.59. The molecule has 0 aliphatic carbocycles. The third-order valence-corrected chi connectivity index (χ3v) is 6.26. The van der Waals surface area contributed by atoms with Gasteiger partial charge in [-0.25, -0.2) is 0 Å². The van der Waals surface area contributed by atoms with Crippen molar-refractivity contribution >= 4 is 17.7 Å². The maximum Gasteiger partial charge on any atom is 0.255 e. The number of hydrogen-bond acceptors (Lipinski definition) is 5. The van der Waals surface area contributed by atoms with E-state index in [0.29, 0.717) is 43.8 Å². The molecule has 8 heteroatoms. The maximum absolute atomic E-state index is 12.9. The van der Waals surface area contributed by atoms with E-state index in [-0.39, 0.29) is 24.1 Å². The van der Waals surface area contributed by atoms with Crippen LogP contribution in [0.4, 0.5) is 0 Å². The number of carbonyl (C=O) groups excluding carboxylic acids is 3. The van der Waals surface area contributed by atoms with Crippen molar-refractivity contribution in [3.63, 3.8) is 0 Å². The average Bonchev–Trinajstić information content (AvgIpc) is 3.04. The van der Waals surface area contributed by atoms with E-state index in [2.05, 4.69) is 15.6 Å². The Bertz CT molecular complexity index is 1030. The molecule has 4 rings (SSSR count). The number of amides is 3. The molecule has 2 aliphatic rings. The van der Waals surface area contributed by atoms with Crippen molar-refractivity contribution in [3.05, 3.63) is 59.4 Å². The van der Waals surface area contributed by atoms with E-state index in [1.807, 2.05) is 37.3 Å². The lowest BCUT2D eigenvalue weighted by molar-refractivity contribution is -0.139. The third kappa shape index (κ3) is 4.59. The fourth-order valence-corrected chi connectivity index (χ4v) is 4.24. The smallest absolute Gasteiger partial charge is 0.255 e. The Kier molecular flexibility index (Phi) is 6.12. The number of aryl methyl sites for hydroxylation is 1. The van der Waals surface area contributed by atoms with Crippen LogP contribution in [0.5, 0.6) is 5.75 Å². The van der Waals surface area contributed by atoms with E-state index in [1.165, 1.54) is 0 Å². The maximum atomic E-state index is 12.9. The molecule has 1 fully saturated rings. The minimum absolute atomic E-state index is 0.0864. The number of carbonyl (C=O) groups is 3. The summed E-state index contributed by atoms with van der Waals surface area (Å²) in [4.78, 5) is 43.8. The lowest BCUT2D eigenvalue weighted by Gasteiger charge is -2.32. The van der Waals surface area contributed by atoms with Gasteiger partial charge in [0, 0.05) is 38.3 Å². The van der Waals surface area contributed by atoms with Gasteiger partial charge in [-0.15, -0.1) is 0 Å². The summed E-state index contributed by atoms with van der Waals surface area (Å²) in [5, 5.41) is 5.85. The van der Waals surface area contributed by atoms with Crippen LogP contribution >= 0.6 is 0 Å². The highest BCUT2D eigenvalue weighted by molar-refractivity contribution is 5.97. The van der Waals surface area contributed by atoms with Gasteiger partial charge in [-0.2, -0.15) is 0 Å². The predicted molar refractivity (Wildman–Crippen MR) is 118 cm³/mol. The van der Waals surface area contributed by atoms with Crippen LogP contribution in [0.2, 0.25) is 0 Å². The number of aromatic nitrogens is 1. The van der Waals surface area contributed by atoms with E-state index in [9.17, 15) is 14.4 Å². The molecular weight excluding hydrogens is 408 g/mol. The van der Waals surface area contributed by atoms with E-state index in [4.69, 9.17) is 4.74 Å². The summed E-state index contributed by atoms with van der Waals surface area (Å²) >= 11 is 0. The number of benzene rings is 1. The summed E-state index contributed by atoms with van der Waals surface area (Å²) in [5.74, 6) is 0.0743. The van der Waals surface area contributed by atoms with Crippen LogP contribution in [0.15, 0.2) is 42.7 Å². The van der Waals surface area contributed by atoms with Gasteiger partial charge < -0.3 is 20.3 Å². The molecule has 32 heavy (non-hydrogen) atoms. The quantitative estimate of drug-likeness (QED) is 0.763. The Hall–Kier alpha value is -3.42. The van der Waals surface area contributed by atoms with Crippen LogP contribution in [-0.2, 0) is 16.1 Å².